The van der Waals surface area contributed by atoms with E-state index in [4.69, 9.17) is 0 Å². The molecule has 1 aromatic rings. The van der Waals surface area contributed by atoms with Crippen molar-refractivity contribution in [3.8, 4) is 0 Å². The number of rotatable bonds is 5. The van der Waals surface area contributed by atoms with E-state index in [0.29, 0.717) is 5.56 Å². The standard InChI is InChI=1S/C17H22FNO2/c18-14-4-2-1-3-13(14)15(16(20)11-5-6-11)17(21)12-7-9-19-10-8-12/h1-4,11-12,15,17,19,21H,5-10H2. The molecule has 2 N–H and O–H groups in total. The van der Waals surface area contributed by atoms with Gasteiger partial charge < -0.3 is 10.4 Å². The summed E-state index contributed by atoms with van der Waals surface area (Å²) in [7, 11) is 0. The first kappa shape index (κ1) is 14.7. The van der Waals surface area contributed by atoms with E-state index in [9.17, 15) is 14.3 Å². The van der Waals surface area contributed by atoms with Crippen LogP contribution in [-0.2, 0) is 4.79 Å². The van der Waals surface area contributed by atoms with Crippen molar-refractivity contribution in [3.63, 3.8) is 0 Å². The second-order valence-corrected chi connectivity index (χ2v) is 6.25. The number of benzene rings is 1. The molecule has 0 aromatic heterocycles. The number of nitrogens with one attached hydrogen (secondary N) is 1. The van der Waals surface area contributed by atoms with Gasteiger partial charge in [0.25, 0.3) is 0 Å². The largest absolute Gasteiger partial charge is 0.392 e. The van der Waals surface area contributed by atoms with Crippen LogP contribution in [0.3, 0.4) is 0 Å². The lowest BCUT2D eigenvalue weighted by atomic mass is 9.78. The van der Waals surface area contributed by atoms with Crippen molar-refractivity contribution in [2.45, 2.75) is 37.7 Å². The fourth-order valence-electron chi connectivity index (χ4n) is 3.31. The lowest BCUT2D eigenvalue weighted by Crippen LogP contribution is -2.40. The summed E-state index contributed by atoms with van der Waals surface area (Å²) in [5.74, 6) is -0.984. The van der Waals surface area contributed by atoms with E-state index in [0.717, 1.165) is 38.8 Å². The lowest BCUT2D eigenvalue weighted by molar-refractivity contribution is -0.125. The van der Waals surface area contributed by atoms with Gasteiger partial charge in [0.2, 0.25) is 0 Å². The summed E-state index contributed by atoms with van der Waals surface area (Å²) < 4.78 is 14.1. The van der Waals surface area contributed by atoms with Crippen LogP contribution < -0.4 is 5.32 Å². The van der Waals surface area contributed by atoms with Crippen molar-refractivity contribution in [1.82, 2.24) is 5.32 Å². The Morgan fingerprint density at radius 3 is 2.48 bits per heavy atom. The molecule has 1 aliphatic heterocycles. The smallest absolute Gasteiger partial charge is 0.146 e. The van der Waals surface area contributed by atoms with Crippen molar-refractivity contribution in [2.24, 2.45) is 11.8 Å². The predicted octanol–water partition coefficient (Wildman–Crippen LogP) is 2.25. The summed E-state index contributed by atoms with van der Waals surface area (Å²) in [6, 6.07) is 6.37. The minimum Gasteiger partial charge on any atom is -0.392 e. The summed E-state index contributed by atoms with van der Waals surface area (Å²) in [6.45, 7) is 1.70. The van der Waals surface area contributed by atoms with Gasteiger partial charge in [0.05, 0.1) is 12.0 Å². The Kier molecular flexibility index (Phi) is 4.36. The lowest BCUT2D eigenvalue weighted by Gasteiger charge is -2.32. The van der Waals surface area contributed by atoms with Crippen LogP contribution >= 0.6 is 0 Å². The van der Waals surface area contributed by atoms with E-state index >= 15 is 0 Å². The Morgan fingerprint density at radius 1 is 1.19 bits per heavy atom. The van der Waals surface area contributed by atoms with E-state index < -0.39 is 12.0 Å². The van der Waals surface area contributed by atoms with Gasteiger partial charge in [-0.25, -0.2) is 4.39 Å². The van der Waals surface area contributed by atoms with Crippen molar-refractivity contribution >= 4 is 5.78 Å². The van der Waals surface area contributed by atoms with Gasteiger partial charge in [-0.3, -0.25) is 4.79 Å². The number of hydrogen-bond acceptors (Lipinski definition) is 3. The molecule has 3 nitrogen and oxygen atoms in total. The molecule has 1 saturated heterocycles. The van der Waals surface area contributed by atoms with Gasteiger partial charge in [-0.05, 0) is 50.8 Å². The number of ketones is 1. The maximum absolute atomic E-state index is 14.1. The minimum absolute atomic E-state index is 0.0194. The Balaban J connectivity index is 1.88. The molecule has 0 amide bonds. The van der Waals surface area contributed by atoms with Gasteiger partial charge in [0.1, 0.15) is 11.6 Å². The van der Waals surface area contributed by atoms with Crippen LogP contribution in [-0.4, -0.2) is 30.1 Å². The fourth-order valence-corrected chi connectivity index (χ4v) is 3.31. The van der Waals surface area contributed by atoms with Crippen molar-refractivity contribution in [2.75, 3.05) is 13.1 Å². The van der Waals surface area contributed by atoms with E-state index in [1.807, 2.05) is 0 Å². The SMILES string of the molecule is O=C(C1CC1)C(c1ccccc1F)C(O)C1CCNCC1. The van der Waals surface area contributed by atoms with Crippen LogP contribution in [0.15, 0.2) is 24.3 Å². The molecule has 1 heterocycles. The zero-order valence-electron chi connectivity index (χ0n) is 12.1. The molecular formula is C17H22FNO2. The van der Waals surface area contributed by atoms with Gasteiger partial charge in [-0.1, -0.05) is 18.2 Å². The van der Waals surface area contributed by atoms with Gasteiger partial charge in [0, 0.05) is 11.5 Å². The highest BCUT2D eigenvalue weighted by atomic mass is 19.1. The van der Waals surface area contributed by atoms with Crippen molar-refractivity contribution in [1.29, 1.82) is 0 Å². The Labute approximate surface area is 124 Å². The molecule has 1 aromatic carbocycles. The topological polar surface area (TPSA) is 49.3 Å². The van der Waals surface area contributed by atoms with E-state index in [-0.39, 0.29) is 23.4 Å². The van der Waals surface area contributed by atoms with Gasteiger partial charge >= 0.3 is 0 Å². The highest BCUT2D eigenvalue weighted by Crippen LogP contribution is 2.40. The van der Waals surface area contributed by atoms with Gasteiger partial charge in [0.15, 0.2) is 0 Å². The third-order valence-electron chi connectivity index (χ3n) is 4.73. The fraction of sp³-hybridized carbons (Fsp3) is 0.588. The average Bonchev–Trinajstić information content (AvgIpc) is 3.35. The number of aliphatic hydroxyl groups excluding tert-OH is 1. The Hall–Kier alpha value is -1.26. The van der Waals surface area contributed by atoms with Crippen LogP contribution in [0.2, 0.25) is 0 Å². The molecule has 114 valence electrons. The number of piperidine rings is 1. The molecule has 1 aliphatic carbocycles. The molecule has 0 bridgehead atoms. The monoisotopic (exact) mass is 291 g/mol. The molecule has 2 unspecified atom stereocenters. The summed E-state index contributed by atoms with van der Waals surface area (Å²) in [4.78, 5) is 12.6. The molecule has 0 spiro atoms. The van der Waals surface area contributed by atoms with Crippen LogP contribution in [0.1, 0.15) is 37.2 Å². The number of aliphatic hydroxyl groups is 1. The van der Waals surface area contributed by atoms with E-state index in [2.05, 4.69) is 5.32 Å². The third-order valence-corrected chi connectivity index (χ3v) is 4.73. The summed E-state index contributed by atoms with van der Waals surface area (Å²) >= 11 is 0. The average molecular weight is 291 g/mol. The van der Waals surface area contributed by atoms with Crippen LogP contribution in [0.25, 0.3) is 0 Å². The minimum atomic E-state index is -0.780. The number of halogens is 1. The second kappa shape index (κ2) is 6.24. The molecule has 2 fully saturated rings. The summed E-state index contributed by atoms with van der Waals surface area (Å²) in [6.07, 6.45) is 2.65. The first-order valence-electron chi connectivity index (χ1n) is 7.85. The first-order valence-corrected chi connectivity index (χ1v) is 7.85. The Morgan fingerprint density at radius 2 is 1.86 bits per heavy atom. The highest BCUT2D eigenvalue weighted by Gasteiger charge is 2.42. The second-order valence-electron chi connectivity index (χ2n) is 6.25. The van der Waals surface area contributed by atoms with Gasteiger partial charge in [-0.15, -0.1) is 0 Å². The Bertz CT molecular complexity index is 509. The van der Waals surface area contributed by atoms with Crippen molar-refractivity contribution in [3.05, 3.63) is 35.6 Å². The van der Waals surface area contributed by atoms with E-state index in [1.54, 1.807) is 18.2 Å². The normalized spacial score (nSPS) is 22.8. The molecule has 2 aliphatic rings. The molecule has 2 atom stereocenters. The molecule has 21 heavy (non-hydrogen) atoms. The molecule has 4 heteroatoms. The van der Waals surface area contributed by atoms with E-state index in [1.165, 1.54) is 6.07 Å². The highest BCUT2D eigenvalue weighted by molar-refractivity contribution is 5.90. The first-order chi connectivity index (χ1) is 10.2. The zero-order chi connectivity index (χ0) is 14.8. The van der Waals surface area contributed by atoms with Crippen LogP contribution in [0.4, 0.5) is 4.39 Å². The van der Waals surface area contributed by atoms with Crippen LogP contribution in [0, 0.1) is 17.7 Å². The summed E-state index contributed by atoms with van der Waals surface area (Å²) in [5, 5.41) is 14.0. The molecule has 1 saturated carbocycles. The maximum Gasteiger partial charge on any atom is 0.146 e. The summed E-state index contributed by atoms with van der Waals surface area (Å²) in [5.41, 5.74) is 0.362. The molecule has 0 radical (unpaired) electrons. The van der Waals surface area contributed by atoms with Gasteiger partial charge in [-0.2, -0.15) is 0 Å². The number of carbonyl (C=O) groups is 1. The third kappa shape index (κ3) is 3.16. The van der Waals surface area contributed by atoms with Crippen LogP contribution in [0.5, 0.6) is 0 Å². The molecule has 3 rings (SSSR count). The number of Topliss-reactive ketones (excluding diaryl/α,β-unsaturated/α-hetero) is 1. The predicted molar refractivity (Wildman–Crippen MR) is 78.5 cm³/mol. The quantitative estimate of drug-likeness (QED) is 0.875. The van der Waals surface area contributed by atoms with Crippen molar-refractivity contribution < 1.29 is 14.3 Å². The number of carbonyl (C=O) groups excluding carboxylic acids is 1. The zero-order valence-corrected chi connectivity index (χ0v) is 12.1. The number of hydrogen-bond donors (Lipinski definition) is 2. The molecular weight excluding hydrogens is 269 g/mol. The maximum atomic E-state index is 14.1.